The molecule has 196 valence electrons. The second-order valence-corrected chi connectivity index (χ2v) is 10.0. The average molecular weight is 505 g/mol. The van der Waals surface area contributed by atoms with Gasteiger partial charge in [-0.3, -0.25) is 4.79 Å². The van der Waals surface area contributed by atoms with Crippen LogP contribution in [-0.2, 0) is 4.79 Å². The van der Waals surface area contributed by atoms with Gasteiger partial charge in [-0.15, -0.1) is 0 Å². The van der Waals surface area contributed by atoms with Crippen molar-refractivity contribution in [1.82, 2.24) is 4.90 Å². The molecule has 6 heteroatoms. The smallest absolute Gasteiger partial charge is 0.226 e. The summed E-state index contributed by atoms with van der Waals surface area (Å²) in [6, 6.07) is 22.4. The number of rotatable bonds is 10. The lowest BCUT2D eigenvalue weighted by atomic mass is 9.89. The molecule has 1 aliphatic heterocycles. The molecular weight excluding hydrogens is 467 g/mol. The second-order valence-electron chi connectivity index (χ2n) is 10.0. The van der Waals surface area contributed by atoms with Gasteiger partial charge in [-0.05, 0) is 91.5 Å². The van der Waals surface area contributed by atoms with Gasteiger partial charge >= 0.3 is 0 Å². The zero-order valence-electron chi connectivity index (χ0n) is 22.0. The molecule has 0 bridgehead atoms. The molecule has 3 aromatic carbocycles. The molecule has 1 aliphatic rings. The zero-order chi connectivity index (χ0) is 26.2. The molecule has 0 radical (unpaired) electrons. The van der Waals surface area contributed by atoms with Crippen molar-refractivity contribution in [1.29, 1.82) is 0 Å². The van der Waals surface area contributed by atoms with Crippen LogP contribution in [0.5, 0.6) is 11.5 Å². The third-order valence-electron chi connectivity index (χ3n) is 7.02. The van der Waals surface area contributed by atoms with Gasteiger partial charge in [-0.2, -0.15) is 0 Å². The molecule has 0 saturated carbocycles. The van der Waals surface area contributed by atoms with Crippen LogP contribution in [0.2, 0.25) is 0 Å². The van der Waals surface area contributed by atoms with E-state index in [9.17, 15) is 9.18 Å². The van der Waals surface area contributed by atoms with E-state index in [1.54, 1.807) is 19.2 Å². The quantitative estimate of drug-likeness (QED) is 0.329. The fourth-order valence-corrected chi connectivity index (χ4v) is 4.74. The van der Waals surface area contributed by atoms with Crippen LogP contribution in [-0.4, -0.2) is 37.6 Å². The van der Waals surface area contributed by atoms with Crippen molar-refractivity contribution in [3.63, 3.8) is 0 Å². The summed E-state index contributed by atoms with van der Waals surface area (Å²) in [4.78, 5) is 14.6. The number of carbonyl (C=O) groups is 1. The van der Waals surface area contributed by atoms with Crippen molar-refractivity contribution in [2.24, 2.45) is 5.92 Å². The fraction of sp³-hybridized carbons (Fsp3) is 0.387. The van der Waals surface area contributed by atoms with Crippen LogP contribution in [0, 0.1) is 11.7 Å². The molecule has 1 N–H and O–H groups in total. The lowest BCUT2D eigenvalue weighted by molar-refractivity contribution is -0.118. The molecule has 5 nitrogen and oxygen atoms in total. The minimum atomic E-state index is -0.248. The Morgan fingerprint density at radius 2 is 1.68 bits per heavy atom. The lowest BCUT2D eigenvalue weighted by Gasteiger charge is -2.33. The third kappa shape index (κ3) is 7.56. The van der Waals surface area contributed by atoms with Gasteiger partial charge in [0.15, 0.2) is 0 Å². The van der Waals surface area contributed by atoms with E-state index in [-0.39, 0.29) is 23.7 Å². The summed E-state index contributed by atoms with van der Waals surface area (Å²) in [7, 11) is 1.64. The number of hydrogen-bond acceptors (Lipinski definition) is 4. The number of benzene rings is 3. The number of carbonyl (C=O) groups excluding carboxylic acids is 1. The van der Waals surface area contributed by atoms with Crippen molar-refractivity contribution in [3.8, 4) is 11.5 Å². The lowest BCUT2D eigenvalue weighted by Crippen LogP contribution is -2.34. The normalized spacial score (nSPS) is 15.4. The number of methoxy groups -OCH3 is 1. The first-order chi connectivity index (χ1) is 17.9. The summed E-state index contributed by atoms with van der Waals surface area (Å²) in [6.45, 7) is 6.71. The Labute approximate surface area is 219 Å². The molecule has 0 aromatic heterocycles. The van der Waals surface area contributed by atoms with Crippen LogP contribution in [0.25, 0.3) is 0 Å². The fourth-order valence-electron chi connectivity index (χ4n) is 4.74. The Morgan fingerprint density at radius 3 is 2.32 bits per heavy atom. The largest absolute Gasteiger partial charge is 0.497 e. The van der Waals surface area contributed by atoms with E-state index in [2.05, 4.69) is 22.3 Å². The van der Waals surface area contributed by atoms with E-state index in [0.717, 1.165) is 61.6 Å². The van der Waals surface area contributed by atoms with Crippen LogP contribution in [0.1, 0.15) is 56.3 Å². The summed E-state index contributed by atoms with van der Waals surface area (Å²) in [6.07, 6.45) is 2.77. The first kappa shape index (κ1) is 26.7. The van der Waals surface area contributed by atoms with Crippen molar-refractivity contribution >= 4 is 11.6 Å². The van der Waals surface area contributed by atoms with Gasteiger partial charge < -0.3 is 19.7 Å². The Morgan fingerprint density at radius 1 is 1.00 bits per heavy atom. The SMILES string of the molecule is COc1ccc(OC(CCN2CCC(c3cccc(NC(=O)C(C)C)c3)CC2)c2ccc(F)cc2)cc1. The van der Waals surface area contributed by atoms with Gasteiger partial charge in [-0.1, -0.05) is 38.1 Å². The standard InChI is InChI=1S/C31H37FN2O3/c1-22(2)31(35)33-27-6-4-5-25(21-27)23-15-18-34(19-16-23)20-17-30(24-7-9-26(32)10-8-24)37-29-13-11-28(36-3)12-14-29/h4-14,21-23,30H,15-20H2,1-3H3,(H,33,35). The van der Waals surface area contributed by atoms with E-state index < -0.39 is 0 Å². The van der Waals surface area contributed by atoms with Crippen molar-refractivity contribution in [3.05, 3.63) is 89.7 Å². The molecular formula is C31H37FN2O3. The highest BCUT2D eigenvalue weighted by molar-refractivity contribution is 5.92. The number of amides is 1. The molecule has 1 unspecified atom stereocenters. The Hall–Kier alpha value is -3.38. The maximum Gasteiger partial charge on any atom is 0.226 e. The highest BCUT2D eigenvalue weighted by Crippen LogP contribution is 2.31. The Bertz CT molecular complexity index is 1140. The predicted octanol–water partition coefficient (Wildman–Crippen LogP) is 6.82. The monoisotopic (exact) mass is 504 g/mol. The van der Waals surface area contributed by atoms with Gasteiger partial charge in [-0.25, -0.2) is 4.39 Å². The number of halogens is 1. The van der Waals surface area contributed by atoms with Crippen LogP contribution in [0.15, 0.2) is 72.8 Å². The molecule has 3 aromatic rings. The number of nitrogens with zero attached hydrogens (tertiary/aromatic N) is 1. The number of nitrogens with one attached hydrogen (secondary N) is 1. The molecule has 1 amide bonds. The zero-order valence-corrected chi connectivity index (χ0v) is 22.0. The van der Waals surface area contributed by atoms with Crippen LogP contribution in [0.3, 0.4) is 0 Å². The van der Waals surface area contributed by atoms with Gasteiger partial charge in [0.25, 0.3) is 0 Å². The molecule has 4 rings (SSSR count). The van der Waals surface area contributed by atoms with Crippen LogP contribution < -0.4 is 14.8 Å². The number of piperidine rings is 1. The summed E-state index contributed by atoms with van der Waals surface area (Å²) < 4.78 is 25.1. The molecule has 1 heterocycles. The summed E-state index contributed by atoms with van der Waals surface area (Å²) >= 11 is 0. The third-order valence-corrected chi connectivity index (χ3v) is 7.02. The number of ether oxygens (including phenoxy) is 2. The summed E-state index contributed by atoms with van der Waals surface area (Å²) in [5, 5.41) is 3.01. The number of likely N-dealkylation sites (tertiary alicyclic amines) is 1. The van der Waals surface area contributed by atoms with E-state index in [1.165, 1.54) is 17.7 Å². The van der Waals surface area contributed by atoms with Crippen molar-refractivity contribution < 1.29 is 18.7 Å². The number of hydrogen-bond donors (Lipinski definition) is 1. The van der Waals surface area contributed by atoms with E-state index in [4.69, 9.17) is 9.47 Å². The van der Waals surface area contributed by atoms with Gasteiger partial charge in [0, 0.05) is 24.6 Å². The molecule has 1 saturated heterocycles. The van der Waals surface area contributed by atoms with Crippen molar-refractivity contribution in [2.75, 3.05) is 32.1 Å². The topological polar surface area (TPSA) is 50.8 Å². The molecule has 0 spiro atoms. The minimum absolute atomic E-state index is 0.0412. The Balaban J connectivity index is 1.34. The van der Waals surface area contributed by atoms with E-state index >= 15 is 0 Å². The van der Waals surface area contributed by atoms with Crippen LogP contribution in [0.4, 0.5) is 10.1 Å². The molecule has 1 fully saturated rings. The molecule has 37 heavy (non-hydrogen) atoms. The van der Waals surface area contributed by atoms with Gasteiger partial charge in [0.2, 0.25) is 5.91 Å². The van der Waals surface area contributed by atoms with Crippen LogP contribution >= 0.6 is 0 Å². The number of anilines is 1. The highest BCUT2D eigenvalue weighted by Gasteiger charge is 2.23. The van der Waals surface area contributed by atoms with Crippen molar-refractivity contribution in [2.45, 2.75) is 45.1 Å². The maximum atomic E-state index is 13.6. The summed E-state index contributed by atoms with van der Waals surface area (Å²) in [5.41, 5.74) is 3.12. The molecule has 1 atom stereocenters. The molecule has 0 aliphatic carbocycles. The Kier molecular flexibility index (Phi) is 9.18. The van der Waals surface area contributed by atoms with E-state index in [1.807, 2.05) is 50.2 Å². The minimum Gasteiger partial charge on any atom is -0.497 e. The van der Waals surface area contributed by atoms with E-state index in [0.29, 0.717) is 5.92 Å². The summed E-state index contributed by atoms with van der Waals surface area (Å²) in [5.74, 6) is 1.77. The van der Waals surface area contributed by atoms with Gasteiger partial charge in [0.05, 0.1) is 7.11 Å². The first-order valence-corrected chi connectivity index (χ1v) is 13.1. The van der Waals surface area contributed by atoms with Gasteiger partial charge in [0.1, 0.15) is 23.4 Å². The first-order valence-electron chi connectivity index (χ1n) is 13.1. The maximum absolute atomic E-state index is 13.6. The second kappa shape index (κ2) is 12.7. The highest BCUT2D eigenvalue weighted by atomic mass is 19.1. The predicted molar refractivity (Wildman–Crippen MR) is 146 cm³/mol. The average Bonchev–Trinajstić information content (AvgIpc) is 2.92.